The van der Waals surface area contributed by atoms with Crippen molar-refractivity contribution in [1.82, 2.24) is 15.0 Å². The molecule has 0 aliphatic rings. The SMILES string of the molecule is COc1ccc(Cl)cc1-n1nnc(CCC(=O)O)c1C. The van der Waals surface area contributed by atoms with Crippen molar-refractivity contribution in [3.8, 4) is 11.4 Å². The number of hydrogen-bond donors (Lipinski definition) is 1. The number of halogens is 1. The van der Waals surface area contributed by atoms with Gasteiger partial charge in [0.25, 0.3) is 0 Å². The highest BCUT2D eigenvalue weighted by Crippen LogP contribution is 2.27. The van der Waals surface area contributed by atoms with E-state index in [0.717, 1.165) is 5.69 Å². The number of benzene rings is 1. The standard InChI is InChI=1S/C13H14ClN3O3/c1-8-10(4-6-13(18)19)15-16-17(8)11-7-9(14)3-5-12(11)20-2/h3,5,7H,4,6H2,1-2H3,(H,18,19). The molecule has 0 saturated heterocycles. The van der Waals surface area contributed by atoms with Crippen LogP contribution >= 0.6 is 11.6 Å². The summed E-state index contributed by atoms with van der Waals surface area (Å²) >= 11 is 5.99. The molecular weight excluding hydrogens is 282 g/mol. The third-order valence-corrected chi connectivity index (χ3v) is 3.17. The molecule has 1 aromatic carbocycles. The zero-order valence-electron chi connectivity index (χ0n) is 11.1. The maximum Gasteiger partial charge on any atom is 0.303 e. The Hall–Kier alpha value is -2.08. The maximum absolute atomic E-state index is 10.6. The Morgan fingerprint density at radius 1 is 1.50 bits per heavy atom. The average molecular weight is 296 g/mol. The van der Waals surface area contributed by atoms with Crippen LogP contribution < -0.4 is 4.74 Å². The molecule has 7 heteroatoms. The summed E-state index contributed by atoms with van der Waals surface area (Å²) < 4.78 is 6.87. The van der Waals surface area contributed by atoms with E-state index in [1.807, 2.05) is 6.92 Å². The minimum absolute atomic E-state index is 0.0201. The van der Waals surface area contributed by atoms with Crippen LogP contribution in [0.1, 0.15) is 17.8 Å². The summed E-state index contributed by atoms with van der Waals surface area (Å²) in [4.78, 5) is 10.6. The molecule has 0 aliphatic heterocycles. The van der Waals surface area contributed by atoms with Crippen molar-refractivity contribution in [3.05, 3.63) is 34.6 Å². The van der Waals surface area contributed by atoms with Gasteiger partial charge in [0.15, 0.2) is 0 Å². The van der Waals surface area contributed by atoms with Crippen molar-refractivity contribution in [3.63, 3.8) is 0 Å². The van der Waals surface area contributed by atoms with Gasteiger partial charge in [-0.25, -0.2) is 4.68 Å². The van der Waals surface area contributed by atoms with E-state index in [9.17, 15) is 4.79 Å². The molecule has 1 N–H and O–H groups in total. The quantitative estimate of drug-likeness (QED) is 0.915. The predicted octanol–water partition coefficient (Wildman–Crippen LogP) is 2.25. The average Bonchev–Trinajstić information content (AvgIpc) is 2.77. The van der Waals surface area contributed by atoms with Crippen molar-refractivity contribution in [2.24, 2.45) is 0 Å². The highest BCUT2D eigenvalue weighted by atomic mass is 35.5. The fourth-order valence-corrected chi connectivity index (χ4v) is 2.04. The van der Waals surface area contributed by atoms with Gasteiger partial charge in [0.05, 0.1) is 24.9 Å². The molecule has 106 valence electrons. The van der Waals surface area contributed by atoms with Gasteiger partial charge in [-0.2, -0.15) is 0 Å². The van der Waals surface area contributed by atoms with Crippen LogP contribution in [0.5, 0.6) is 5.75 Å². The first-order chi connectivity index (χ1) is 9.52. The lowest BCUT2D eigenvalue weighted by molar-refractivity contribution is -0.136. The number of carboxylic acids is 1. The summed E-state index contributed by atoms with van der Waals surface area (Å²) in [7, 11) is 1.56. The lowest BCUT2D eigenvalue weighted by Crippen LogP contribution is -2.03. The van der Waals surface area contributed by atoms with Gasteiger partial charge in [0.1, 0.15) is 11.4 Å². The molecule has 0 aliphatic carbocycles. The number of aliphatic carboxylic acids is 1. The Labute approximate surface area is 120 Å². The molecule has 6 nitrogen and oxygen atoms in total. The van der Waals surface area contributed by atoms with Crippen LogP contribution in [-0.2, 0) is 11.2 Å². The van der Waals surface area contributed by atoms with Gasteiger partial charge in [0, 0.05) is 11.4 Å². The van der Waals surface area contributed by atoms with E-state index in [0.29, 0.717) is 28.6 Å². The van der Waals surface area contributed by atoms with E-state index in [1.165, 1.54) is 0 Å². The number of carboxylic acid groups (broad SMARTS) is 1. The first-order valence-corrected chi connectivity index (χ1v) is 6.37. The first kappa shape index (κ1) is 14.3. The minimum atomic E-state index is -0.862. The Morgan fingerprint density at radius 2 is 2.25 bits per heavy atom. The number of rotatable bonds is 5. The van der Waals surface area contributed by atoms with Gasteiger partial charge in [-0.15, -0.1) is 5.10 Å². The fraction of sp³-hybridized carbons (Fsp3) is 0.308. The highest BCUT2D eigenvalue weighted by molar-refractivity contribution is 6.30. The summed E-state index contributed by atoms with van der Waals surface area (Å²) in [6.45, 7) is 1.83. The van der Waals surface area contributed by atoms with Crippen LogP contribution in [0.2, 0.25) is 5.02 Å². The molecule has 0 atom stereocenters. The fourth-order valence-electron chi connectivity index (χ4n) is 1.87. The van der Waals surface area contributed by atoms with Gasteiger partial charge in [0.2, 0.25) is 0 Å². The minimum Gasteiger partial charge on any atom is -0.494 e. The van der Waals surface area contributed by atoms with E-state index >= 15 is 0 Å². The Kier molecular flexibility index (Phi) is 4.24. The normalized spacial score (nSPS) is 10.6. The molecule has 2 aromatic rings. The van der Waals surface area contributed by atoms with Crippen LogP contribution in [-0.4, -0.2) is 33.2 Å². The number of aromatic nitrogens is 3. The lowest BCUT2D eigenvalue weighted by Gasteiger charge is -2.09. The smallest absolute Gasteiger partial charge is 0.303 e. The summed E-state index contributed by atoms with van der Waals surface area (Å²) in [5, 5.41) is 17.3. The van der Waals surface area contributed by atoms with E-state index < -0.39 is 5.97 Å². The molecule has 0 spiro atoms. The zero-order valence-corrected chi connectivity index (χ0v) is 11.9. The number of hydrogen-bond acceptors (Lipinski definition) is 4. The second kappa shape index (κ2) is 5.92. The van der Waals surface area contributed by atoms with Crippen LogP contribution in [0.3, 0.4) is 0 Å². The molecule has 0 amide bonds. The van der Waals surface area contributed by atoms with Gasteiger partial charge in [-0.3, -0.25) is 4.79 Å². The summed E-state index contributed by atoms with van der Waals surface area (Å²) in [6.07, 6.45) is 0.357. The van der Waals surface area contributed by atoms with Crippen molar-refractivity contribution in [1.29, 1.82) is 0 Å². The molecule has 20 heavy (non-hydrogen) atoms. The van der Waals surface area contributed by atoms with Crippen molar-refractivity contribution in [2.75, 3.05) is 7.11 Å². The second-order valence-electron chi connectivity index (χ2n) is 4.24. The monoisotopic (exact) mass is 295 g/mol. The first-order valence-electron chi connectivity index (χ1n) is 6.00. The number of methoxy groups -OCH3 is 1. The third-order valence-electron chi connectivity index (χ3n) is 2.93. The molecule has 0 bridgehead atoms. The van der Waals surface area contributed by atoms with Gasteiger partial charge < -0.3 is 9.84 Å². The number of nitrogens with zero attached hydrogens (tertiary/aromatic N) is 3. The maximum atomic E-state index is 10.6. The van der Waals surface area contributed by atoms with Gasteiger partial charge >= 0.3 is 5.97 Å². The Bertz CT molecular complexity index is 640. The number of carbonyl (C=O) groups is 1. The number of aryl methyl sites for hydroxylation is 1. The topological polar surface area (TPSA) is 77.2 Å². The van der Waals surface area contributed by atoms with E-state index in [4.69, 9.17) is 21.4 Å². The molecule has 0 radical (unpaired) electrons. The molecule has 0 fully saturated rings. The molecule has 2 rings (SSSR count). The van der Waals surface area contributed by atoms with Crippen LogP contribution in [0.15, 0.2) is 18.2 Å². The second-order valence-corrected chi connectivity index (χ2v) is 4.68. The van der Waals surface area contributed by atoms with Crippen LogP contribution in [0, 0.1) is 6.92 Å². The molecule has 0 unspecified atom stereocenters. The van der Waals surface area contributed by atoms with Crippen molar-refractivity contribution in [2.45, 2.75) is 19.8 Å². The molecular formula is C13H14ClN3O3. The number of ether oxygens (including phenoxy) is 1. The summed E-state index contributed by atoms with van der Waals surface area (Å²) in [5.41, 5.74) is 2.09. The Balaban J connectivity index is 2.39. The molecule has 1 heterocycles. The lowest BCUT2D eigenvalue weighted by atomic mass is 10.2. The highest BCUT2D eigenvalue weighted by Gasteiger charge is 2.14. The van der Waals surface area contributed by atoms with Crippen LogP contribution in [0.4, 0.5) is 0 Å². The van der Waals surface area contributed by atoms with Gasteiger partial charge in [-0.1, -0.05) is 16.8 Å². The third kappa shape index (κ3) is 2.91. The van der Waals surface area contributed by atoms with E-state index in [2.05, 4.69) is 10.3 Å². The largest absolute Gasteiger partial charge is 0.494 e. The van der Waals surface area contributed by atoms with Crippen LogP contribution in [0.25, 0.3) is 5.69 Å². The van der Waals surface area contributed by atoms with E-state index in [1.54, 1.807) is 30.0 Å². The van der Waals surface area contributed by atoms with Crippen molar-refractivity contribution < 1.29 is 14.6 Å². The Morgan fingerprint density at radius 3 is 2.90 bits per heavy atom. The molecule has 1 aromatic heterocycles. The summed E-state index contributed by atoms with van der Waals surface area (Å²) in [6, 6.07) is 5.19. The van der Waals surface area contributed by atoms with Gasteiger partial charge in [-0.05, 0) is 25.1 Å². The van der Waals surface area contributed by atoms with Crippen molar-refractivity contribution >= 4 is 17.6 Å². The molecule has 0 saturated carbocycles. The predicted molar refractivity (Wildman–Crippen MR) is 73.6 cm³/mol. The summed E-state index contributed by atoms with van der Waals surface area (Å²) in [5.74, 6) is -0.244. The zero-order chi connectivity index (χ0) is 14.7. The van der Waals surface area contributed by atoms with E-state index in [-0.39, 0.29) is 6.42 Å².